The summed E-state index contributed by atoms with van der Waals surface area (Å²) in [6.45, 7) is 6.56. The van der Waals surface area contributed by atoms with Gasteiger partial charge in [0.2, 0.25) is 0 Å². The molecule has 102 valence electrons. The van der Waals surface area contributed by atoms with E-state index in [1.54, 1.807) is 11.3 Å². The molecule has 1 aromatic heterocycles. The summed E-state index contributed by atoms with van der Waals surface area (Å²) in [5, 5.41) is 3.27. The Labute approximate surface area is 132 Å². The van der Waals surface area contributed by atoms with E-state index in [9.17, 15) is 0 Å². The minimum absolute atomic E-state index is 0.0219. The van der Waals surface area contributed by atoms with Crippen molar-refractivity contribution in [1.29, 1.82) is 0 Å². The lowest BCUT2D eigenvalue weighted by molar-refractivity contribution is 0.569. The minimum Gasteiger partial charge on any atom is -0.324 e. The van der Waals surface area contributed by atoms with E-state index in [-0.39, 0.29) is 11.5 Å². The van der Waals surface area contributed by atoms with Crippen LogP contribution in [-0.2, 0) is 11.8 Å². The highest BCUT2D eigenvalue weighted by atomic mass is 127. The lowest BCUT2D eigenvalue weighted by atomic mass is 9.93. The van der Waals surface area contributed by atoms with E-state index in [2.05, 4.69) is 73.0 Å². The number of nitrogens with two attached hydrogens (primary N) is 1. The van der Waals surface area contributed by atoms with Crippen molar-refractivity contribution < 1.29 is 0 Å². The predicted molar refractivity (Wildman–Crippen MR) is 90.6 cm³/mol. The molecule has 2 nitrogen and oxygen atoms in total. The molecule has 0 saturated heterocycles. The Bertz CT molecular complexity index is 557. The predicted octanol–water partition coefficient (Wildman–Crippen LogP) is 4.29. The first-order valence-electron chi connectivity index (χ1n) is 6.32. The molecule has 0 aliphatic heterocycles. The van der Waals surface area contributed by atoms with Crippen LogP contribution in [0.3, 0.4) is 0 Å². The summed E-state index contributed by atoms with van der Waals surface area (Å²) in [4.78, 5) is 4.71. The molecule has 0 bridgehead atoms. The zero-order chi connectivity index (χ0) is 14.0. The number of hydrogen-bond acceptors (Lipinski definition) is 3. The molecule has 2 aromatic rings. The maximum Gasteiger partial charge on any atom is 0.0947 e. The molecule has 0 saturated carbocycles. The van der Waals surface area contributed by atoms with Gasteiger partial charge in [0.1, 0.15) is 0 Å². The third kappa shape index (κ3) is 4.00. The lowest BCUT2D eigenvalue weighted by Crippen LogP contribution is -2.15. The van der Waals surface area contributed by atoms with Gasteiger partial charge >= 0.3 is 0 Å². The highest BCUT2D eigenvalue weighted by molar-refractivity contribution is 14.1. The van der Waals surface area contributed by atoms with Crippen LogP contribution in [-0.4, -0.2) is 4.98 Å². The summed E-state index contributed by atoms with van der Waals surface area (Å²) in [5.41, 5.74) is 8.72. The maximum atomic E-state index is 6.28. The smallest absolute Gasteiger partial charge is 0.0947 e. The van der Waals surface area contributed by atoms with E-state index < -0.39 is 0 Å². The third-order valence-electron chi connectivity index (χ3n) is 2.99. The van der Waals surface area contributed by atoms with Crippen molar-refractivity contribution in [2.24, 2.45) is 5.73 Å². The number of thiazole rings is 1. The fraction of sp³-hybridized carbons (Fsp3) is 0.400. The van der Waals surface area contributed by atoms with E-state index in [1.807, 2.05) is 0 Å². The van der Waals surface area contributed by atoms with Crippen LogP contribution in [0.2, 0.25) is 0 Å². The number of halogens is 1. The van der Waals surface area contributed by atoms with Gasteiger partial charge in [-0.3, -0.25) is 0 Å². The molecule has 1 aromatic carbocycles. The van der Waals surface area contributed by atoms with Crippen LogP contribution in [0.25, 0.3) is 0 Å². The number of aromatic nitrogens is 1. The molecular formula is C15H19IN2S. The first-order valence-corrected chi connectivity index (χ1v) is 8.28. The zero-order valence-electron chi connectivity index (χ0n) is 11.5. The third-order valence-corrected chi connectivity index (χ3v) is 4.53. The van der Waals surface area contributed by atoms with Crippen LogP contribution in [0, 0.1) is 3.57 Å². The van der Waals surface area contributed by atoms with Crippen LogP contribution in [0.1, 0.15) is 43.1 Å². The molecule has 0 amide bonds. The molecule has 0 aliphatic carbocycles. The fourth-order valence-electron chi connectivity index (χ4n) is 1.79. The average Bonchev–Trinajstić information content (AvgIpc) is 2.77. The van der Waals surface area contributed by atoms with Crippen molar-refractivity contribution in [2.75, 3.05) is 0 Å². The molecular weight excluding hydrogens is 367 g/mol. The Morgan fingerprint density at radius 2 is 2.11 bits per heavy atom. The Morgan fingerprint density at radius 3 is 2.68 bits per heavy atom. The van der Waals surface area contributed by atoms with Gasteiger partial charge < -0.3 is 5.73 Å². The van der Waals surface area contributed by atoms with Crippen molar-refractivity contribution in [3.8, 4) is 0 Å². The van der Waals surface area contributed by atoms with Crippen molar-refractivity contribution in [3.63, 3.8) is 0 Å². The number of benzene rings is 1. The molecule has 0 aliphatic rings. The number of hydrogen-bond donors (Lipinski definition) is 1. The molecule has 0 spiro atoms. The minimum atomic E-state index is 0.0219. The first-order chi connectivity index (χ1) is 8.86. The molecule has 1 unspecified atom stereocenters. The van der Waals surface area contributed by atoms with Gasteiger partial charge in [0, 0.05) is 26.8 Å². The van der Waals surface area contributed by atoms with E-state index in [0.29, 0.717) is 0 Å². The summed E-state index contributed by atoms with van der Waals surface area (Å²) in [7, 11) is 0. The second-order valence-corrected chi connectivity index (χ2v) is 7.93. The lowest BCUT2D eigenvalue weighted by Gasteiger charge is -2.14. The summed E-state index contributed by atoms with van der Waals surface area (Å²) in [5.74, 6) is 0. The SMILES string of the molecule is CC(C)(C)c1csc(CC(N)c2cccc(I)c2)n1. The van der Waals surface area contributed by atoms with Gasteiger partial charge in [-0.2, -0.15) is 0 Å². The fourth-order valence-corrected chi connectivity index (χ4v) is 3.44. The topological polar surface area (TPSA) is 38.9 Å². The van der Waals surface area contributed by atoms with E-state index >= 15 is 0 Å². The standard InChI is InChI=1S/C15H19IN2S/c1-15(2,3)13-9-19-14(18-13)8-12(17)10-5-4-6-11(16)7-10/h4-7,9,12H,8,17H2,1-3H3. The summed E-state index contributed by atoms with van der Waals surface area (Å²) in [6, 6.07) is 8.39. The van der Waals surface area contributed by atoms with E-state index in [0.717, 1.165) is 17.1 Å². The van der Waals surface area contributed by atoms with Crippen molar-refractivity contribution in [2.45, 2.75) is 38.6 Å². The summed E-state index contributed by atoms with van der Waals surface area (Å²) in [6.07, 6.45) is 0.806. The van der Waals surface area contributed by atoms with Gasteiger partial charge in [0.15, 0.2) is 0 Å². The van der Waals surface area contributed by atoms with Crippen LogP contribution >= 0.6 is 33.9 Å². The highest BCUT2D eigenvalue weighted by Gasteiger charge is 2.18. The highest BCUT2D eigenvalue weighted by Crippen LogP contribution is 2.26. The maximum absolute atomic E-state index is 6.28. The molecule has 2 rings (SSSR count). The second-order valence-electron chi connectivity index (χ2n) is 5.74. The van der Waals surface area contributed by atoms with Gasteiger partial charge in [-0.05, 0) is 40.3 Å². The molecule has 1 atom stereocenters. The quantitative estimate of drug-likeness (QED) is 0.800. The van der Waals surface area contributed by atoms with Gasteiger partial charge in [0.25, 0.3) is 0 Å². The molecule has 19 heavy (non-hydrogen) atoms. The van der Waals surface area contributed by atoms with Gasteiger partial charge in [-0.15, -0.1) is 11.3 Å². The number of rotatable bonds is 3. The van der Waals surface area contributed by atoms with Crippen molar-refractivity contribution in [1.82, 2.24) is 4.98 Å². The number of nitrogens with zero attached hydrogens (tertiary/aromatic N) is 1. The Morgan fingerprint density at radius 1 is 1.37 bits per heavy atom. The van der Waals surface area contributed by atoms with Crippen LogP contribution in [0.4, 0.5) is 0 Å². The first kappa shape index (κ1) is 14.9. The van der Waals surface area contributed by atoms with Gasteiger partial charge in [-0.25, -0.2) is 4.98 Å². The normalized spacial score (nSPS) is 13.5. The molecule has 4 heteroatoms. The van der Waals surface area contributed by atoms with E-state index in [4.69, 9.17) is 10.7 Å². The molecule has 1 heterocycles. The Hall–Kier alpha value is -0.460. The Balaban J connectivity index is 2.11. The average molecular weight is 386 g/mol. The summed E-state index contributed by atoms with van der Waals surface area (Å²) < 4.78 is 1.22. The van der Waals surface area contributed by atoms with E-state index in [1.165, 1.54) is 9.13 Å². The monoisotopic (exact) mass is 386 g/mol. The zero-order valence-corrected chi connectivity index (χ0v) is 14.5. The Kier molecular flexibility index (Phi) is 4.63. The molecule has 2 N–H and O–H groups in total. The van der Waals surface area contributed by atoms with Crippen LogP contribution in [0.15, 0.2) is 29.6 Å². The summed E-state index contributed by atoms with van der Waals surface area (Å²) >= 11 is 4.03. The molecule has 0 radical (unpaired) electrons. The van der Waals surface area contributed by atoms with Gasteiger partial charge in [0.05, 0.1) is 10.7 Å². The molecule has 0 fully saturated rings. The van der Waals surface area contributed by atoms with Crippen molar-refractivity contribution in [3.05, 3.63) is 49.5 Å². The van der Waals surface area contributed by atoms with Crippen molar-refractivity contribution >= 4 is 33.9 Å². The van der Waals surface area contributed by atoms with Crippen LogP contribution in [0.5, 0.6) is 0 Å². The van der Waals surface area contributed by atoms with Gasteiger partial charge in [-0.1, -0.05) is 32.9 Å². The largest absolute Gasteiger partial charge is 0.324 e. The second kappa shape index (κ2) is 5.89. The van der Waals surface area contributed by atoms with Crippen LogP contribution < -0.4 is 5.73 Å².